The van der Waals surface area contributed by atoms with Crippen LogP contribution in [-0.4, -0.2) is 36.1 Å². The number of nitrogens with one attached hydrogen (secondary N) is 1. The Morgan fingerprint density at radius 1 is 1.69 bits per heavy atom. The van der Waals surface area contributed by atoms with Gasteiger partial charge in [0.05, 0.1) is 13.3 Å². The molecule has 1 unspecified atom stereocenters. The molecule has 0 saturated carbocycles. The van der Waals surface area contributed by atoms with Crippen LogP contribution in [0.4, 0.5) is 0 Å². The van der Waals surface area contributed by atoms with Crippen LogP contribution in [0.1, 0.15) is 16.1 Å². The second-order valence-electron chi connectivity index (χ2n) is 3.00. The minimum Gasteiger partial charge on any atom is -0.468 e. The lowest BCUT2D eigenvalue weighted by Crippen LogP contribution is -2.34. The van der Waals surface area contributed by atoms with E-state index in [2.05, 4.69) is 15.2 Å². The lowest BCUT2D eigenvalue weighted by Gasteiger charge is -2.07. The minimum atomic E-state index is -0.908. The molecule has 1 aromatic rings. The Balaban J connectivity index is 2.48. The van der Waals surface area contributed by atoms with Crippen molar-refractivity contribution in [2.45, 2.75) is 12.3 Å². The second-order valence-corrected chi connectivity index (χ2v) is 3.52. The Hall–Kier alpha value is -1.56. The number of nitrogens with zero attached hydrogens (tertiary/aromatic N) is 1. The summed E-state index contributed by atoms with van der Waals surface area (Å²) >= 11 is 5.65. The summed E-state index contributed by atoms with van der Waals surface area (Å²) in [6.07, 6.45) is 1.30. The zero-order valence-corrected chi connectivity index (χ0v) is 9.58. The number of carbonyl (C=O) groups is 2. The van der Waals surface area contributed by atoms with Crippen molar-refractivity contribution in [2.75, 3.05) is 13.7 Å². The third-order valence-corrected chi connectivity index (χ3v) is 2.23. The van der Waals surface area contributed by atoms with Crippen molar-refractivity contribution in [1.29, 1.82) is 0 Å². The molecule has 0 radical (unpaired) electrons. The first-order valence-corrected chi connectivity index (χ1v) is 4.91. The van der Waals surface area contributed by atoms with E-state index in [1.54, 1.807) is 6.92 Å². The molecule has 1 atom stereocenters. The topological polar surface area (TPSA) is 81.4 Å². The van der Waals surface area contributed by atoms with Gasteiger partial charge in [-0.25, -0.2) is 0 Å². The molecule has 7 heteroatoms. The van der Waals surface area contributed by atoms with Crippen molar-refractivity contribution in [3.05, 3.63) is 17.5 Å². The number of methoxy groups -OCH3 is 1. The molecule has 6 nitrogen and oxygen atoms in total. The van der Waals surface area contributed by atoms with Gasteiger partial charge >= 0.3 is 5.97 Å². The van der Waals surface area contributed by atoms with Gasteiger partial charge in [0.15, 0.2) is 0 Å². The van der Waals surface area contributed by atoms with Gasteiger partial charge in [-0.2, -0.15) is 0 Å². The van der Waals surface area contributed by atoms with Crippen molar-refractivity contribution >= 4 is 23.5 Å². The standard InChI is InChI=1S/C9H11ClN2O4/c1-5-6(3-12-16-5)8(13)11-4-7(10)9(14)15-2/h3,7H,4H2,1-2H3,(H,11,13). The second kappa shape index (κ2) is 5.50. The highest BCUT2D eigenvalue weighted by molar-refractivity contribution is 6.30. The van der Waals surface area contributed by atoms with Crippen molar-refractivity contribution in [1.82, 2.24) is 10.5 Å². The SMILES string of the molecule is COC(=O)C(Cl)CNC(=O)c1cnoc1C. The van der Waals surface area contributed by atoms with Gasteiger partial charge in [-0.1, -0.05) is 5.16 Å². The summed E-state index contributed by atoms with van der Waals surface area (Å²) in [5.41, 5.74) is 0.314. The van der Waals surface area contributed by atoms with Crippen LogP contribution in [0.2, 0.25) is 0 Å². The summed E-state index contributed by atoms with van der Waals surface area (Å²) in [7, 11) is 1.23. The van der Waals surface area contributed by atoms with Crippen molar-refractivity contribution in [3.63, 3.8) is 0 Å². The largest absolute Gasteiger partial charge is 0.468 e. The highest BCUT2D eigenvalue weighted by atomic mass is 35.5. The minimum absolute atomic E-state index is 0.0162. The van der Waals surface area contributed by atoms with Crippen LogP contribution in [0, 0.1) is 6.92 Å². The summed E-state index contributed by atoms with van der Waals surface area (Å²) < 4.78 is 9.13. The average Bonchev–Trinajstić information content (AvgIpc) is 2.70. The van der Waals surface area contributed by atoms with E-state index in [1.165, 1.54) is 13.3 Å². The van der Waals surface area contributed by atoms with Crippen LogP contribution in [0.3, 0.4) is 0 Å². The van der Waals surface area contributed by atoms with E-state index in [0.717, 1.165) is 0 Å². The number of hydrogen-bond acceptors (Lipinski definition) is 5. The number of alkyl halides is 1. The maximum Gasteiger partial charge on any atom is 0.325 e. The summed E-state index contributed by atoms with van der Waals surface area (Å²) in [5, 5.41) is 5.02. The first-order valence-electron chi connectivity index (χ1n) is 4.47. The summed E-state index contributed by atoms with van der Waals surface area (Å²) in [5.74, 6) is -0.584. The number of hydrogen-bond donors (Lipinski definition) is 1. The highest BCUT2D eigenvalue weighted by Crippen LogP contribution is 2.05. The number of esters is 1. The summed E-state index contributed by atoms with van der Waals surface area (Å²) in [4.78, 5) is 22.5. The Morgan fingerprint density at radius 3 is 2.88 bits per heavy atom. The van der Waals surface area contributed by atoms with E-state index in [9.17, 15) is 9.59 Å². The molecule has 0 aromatic carbocycles. The van der Waals surface area contributed by atoms with Crippen LogP contribution in [-0.2, 0) is 9.53 Å². The van der Waals surface area contributed by atoms with E-state index in [-0.39, 0.29) is 6.54 Å². The predicted molar refractivity (Wildman–Crippen MR) is 55.2 cm³/mol. The predicted octanol–water partition coefficient (Wildman–Crippen LogP) is 0.493. The fourth-order valence-corrected chi connectivity index (χ4v) is 1.17. The third-order valence-electron chi connectivity index (χ3n) is 1.89. The number of rotatable bonds is 4. The third kappa shape index (κ3) is 2.96. The van der Waals surface area contributed by atoms with Crippen LogP contribution < -0.4 is 5.32 Å². The normalized spacial score (nSPS) is 11.9. The van der Waals surface area contributed by atoms with Crippen LogP contribution in [0.5, 0.6) is 0 Å². The molecule has 0 spiro atoms. The zero-order valence-electron chi connectivity index (χ0n) is 8.82. The summed E-state index contributed by atoms with van der Waals surface area (Å²) in [6, 6.07) is 0. The molecule has 88 valence electrons. The molecule has 1 N–H and O–H groups in total. The molecule has 0 aliphatic heterocycles. The van der Waals surface area contributed by atoms with E-state index in [0.29, 0.717) is 11.3 Å². The smallest absolute Gasteiger partial charge is 0.325 e. The fraction of sp³-hybridized carbons (Fsp3) is 0.444. The van der Waals surface area contributed by atoms with Gasteiger partial charge in [-0.15, -0.1) is 11.6 Å². The van der Waals surface area contributed by atoms with Crippen LogP contribution in [0.15, 0.2) is 10.7 Å². The van der Waals surface area contributed by atoms with E-state index >= 15 is 0 Å². The molecule has 0 saturated heterocycles. The molecule has 1 aromatic heterocycles. The lowest BCUT2D eigenvalue weighted by atomic mass is 10.2. The van der Waals surface area contributed by atoms with Gasteiger partial charge in [0.1, 0.15) is 16.7 Å². The number of halogens is 1. The molecular formula is C9H11ClN2O4. The highest BCUT2D eigenvalue weighted by Gasteiger charge is 2.18. The number of aryl methyl sites for hydroxylation is 1. The first-order chi connectivity index (χ1) is 7.56. The molecule has 1 rings (SSSR count). The van der Waals surface area contributed by atoms with Crippen LogP contribution >= 0.6 is 11.6 Å². The fourth-order valence-electron chi connectivity index (χ4n) is 1.01. The molecule has 0 bridgehead atoms. The lowest BCUT2D eigenvalue weighted by molar-refractivity contribution is -0.140. The molecule has 1 amide bonds. The number of carbonyl (C=O) groups excluding carboxylic acids is 2. The van der Waals surface area contributed by atoms with Gasteiger partial charge < -0.3 is 14.6 Å². The number of amides is 1. The van der Waals surface area contributed by atoms with Gasteiger partial charge in [0, 0.05) is 6.54 Å². The van der Waals surface area contributed by atoms with Gasteiger partial charge in [-0.3, -0.25) is 9.59 Å². The Morgan fingerprint density at radius 2 is 2.38 bits per heavy atom. The van der Waals surface area contributed by atoms with Crippen LogP contribution in [0.25, 0.3) is 0 Å². The Bertz CT molecular complexity index is 391. The molecule has 0 aliphatic carbocycles. The summed E-state index contributed by atoms with van der Waals surface area (Å²) in [6.45, 7) is 1.60. The van der Waals surface area contributed by atoms with Crippen molar-refractivity contribution < 1.29 is 18.8 Å². The Kier molecular flexibility index (Phi) is 4.30. The number of ether oxygens (including phenoxy) is 1. The van der Waals surface area contributed by atoms with E-state index in [4.69, 9.17) is 16.1 Å². The van der Waals surface area contributed by atoms with Gasteiger partial charge in [-0.05, 0) is 6.92 Å². The van der Waals surface area contributed by atoms with Crippen molar-refractivity contribution in [2.24, 2.45) is 0 Å². The van der Waals surface area contributed by atoms with Crippen molar-refractivity contribution in [3.8, 4) is 0 Å². The molecule has 16 heavy (non-hydrogen) atoms. The average molecular weight is 247 g/mol. The first kappa shape index (κ1) is 12.5. The maximum atomic E-state index is 11.5. The molecule has 0 aliphatic rings. The molecule has 1 heterocycles. The monoisotopic (exact) mass is 246 g/mol. The quantitative estimate of drug-likeness (QED) is 0.618. The van der Waals surface area contributed by atoms with Gasteiger partial charge in [0.25, 0.3) is 5.91 Å². The van der Waals surface area contributed by atoms with Gasteiger partial charge in [0.2, 0.25) is 0 Å². The Labute approximate surface area is 96.9 Å². The molecule has 0 fully saturated rings. The van der Waals surface area contributed by atoms with E-state index < -0.39 is 17.3 Å². The maximum absolute atomic E-state index is 11.5. The number of aromatic nitrogens is 1. The van der Waals surface area contributed by atoms with E-state index in [1.807, 2.05) is 0 Å². The molecular weight excluding hydrogens is 236 g/mol. The zero-order chi connectivity index (χ0) is 12.1.